The van der Waals surface area contributed by atoms with Gasteiger partial charge in [-0.3, -0.25) is 9.59 Å². The molecule has 0 bridgehead atoms. The van der Waals surface area contributed by atoms with Gasteiger partial charge in [0.2, 0.25) is 5.78 Å². The average molecular weight is 249 g/mol. The van der Waals surface area contributed by atoms with E-state index < -0.39 is 22.6 Å². The molecule has 0 unspecified atom stereocenters. The van der Waals surface area contributed by atoms with Crippen LogP contribution in [0, 0.1) is 0 Å². The van der Waals surface area contributed by atoms with Crippen LogP contribution >= 0.6 is 23.2 Å². The predicted molar refractivity (Wildman–Crippen MR) is 55.9 cm³/mol. The summed E-state index contributed by atoms with van der Waals surface area (Å²) in [5.41, 5.74) is 0.323. The maximum Gasteiger partial charge on any atom is 0.316 e. The molecule has 0 aliphatic heterocycles. The van der Waals surface area contributed by atoms with E-state index in [9.17, 15) is 14.0 Å². The highest BCUT2D eigenvalue weighted by atomic mass is 35.5. The minimum atomic E-state index is -3.00. The minimum absolute atomic E-state index is 0.323. The lowest BCUT2D eigenvalue weighted by Gasteiger charge is -2.06. The van der Waals surface area contributed by atoms with Crippen molar-refractivity contribution in [3.05, 3.63) is 35.9 Å². The van der Waals surface area contributed by atoms with Gasteiger partial charge in [0.05, 0.1) is 6.42 Å². The zero-order chi connectivity index (χ0) is 11.5. The van der Waals surface area contributed by atoms with Crippen molar-refractivity contribution in [2.45, 2.75) is 11.0 Å². The maximum absolute atomic E-state index is 12.7. The first kappa shape index (κ1) is 12.1. The first-order valence-electron chi connectivity index (χ1n) is 4.09. The molecule has 0 aromatic heterocycles. The topological polar surface area (TPSA) is 34.1 Å². The van der Waals surface area contributed by atoms with E-state index >= 15 is 0 Å². The van der Waals surface area contributed by atoms with Gasteiger partial charge in [0, 0.05) is 5.56 Å². The zero-order valence-corrected chi connectivity index (χ0v) is 9.06. The molecule has 0 aliphatic rings. The molecule has 0 aliphatic carbocycles. The molecule has 0 amide bonds. The monoisotopic (exact) mass is 248 g/mol. The van der Waals surface area contributed by atoms with Crippen LogP contribution in [-0.2, 0) is 4.79 Å². The lowest BCUT2D eigenvalue weighted by molar-refractivity contribution is -0.121. The second-order valence-corrected chi connectivity index (χ2v) is 4.12. The van der Waals surface area contributed by atoms with Crippen LogP contribution in [0.2, 0.25) is 0 Å². The molecule has 0 radical (unpaired) electrons. The first-order chi connectivity index (χ1) is 6.91. The third-order valence-corrected chi connectivity index (χ3v) is 2.15. The Morgan fingerprint density at radius 2 is 1.73 bits per heavy atom. The van der Waals surface area contributed by atoms with Crippen molar-refractivity contribution in [1.82, 2.24) is 0 Å². The fraction of sp³-hybridized carbons (Fsp3) is 0.200. The van der Waals surface area contributed by atoms with Gasteiger partial charge < -0.3 is 0 Å². The molecular weight excluding hydrogens is 242 g/mol. The van der Waals surface area contributed by atoms with Crippen LogP contribution in [0.25, 0.3) is 0 Å². The Morgan fingerprint density at radius 3 is 2.20 bits per heavy atom. The van der Waals surface area contributed by atoms with Crippen molar-refractivity contribution in [1.29, 1.82) is 0 Å². The number of rotatable bonds is 4. The molecule has 0 saturated carbocycles. The average Bonchev–Trinajstić information content (AvgIpc) is 2.17. The van der Waals surface area contributed by atoms with Crippen LogP contribution in [0.15, 0.2) is 30.3 Å². The molecule has 1 rings (SSSR count). The summed E-state index contributed by atoms with van der Waals surface area (Å²) in [6.07, 6.45) is -0.645. The molecule has 0 atom stereocenters. The van der Waals surface area contributed by atoms with E-state index in [1.807, 2.05) is 0 Å². The van der Waals surface area contributed by atoms with E-state index in [4.69, 9.17) is 23.2 Å². The SMILES string of the molecule is O=C(CC(=O)C(F)(Cl)Cl)c1ccccc1. The number of alkyl halides is 3. The van der Waals surface area contributed by atoms with Gasteiger partial charge >= 0.3 is 4.59 Å². The van der Waals surface area contributed by atoms with Gasteiger partial charge in [0.1, 0.15) is 0 Å². The Balaban J connectivity index is 2.70. The highest BCUT2D eigenvalue weighted by molar-refractivity contribution is 6.57. The predicted octanol–water partition coefficient (Wildman–Crippen LogP) is 2.93. The van der Waals surface area contributed by atoms with Crippen LogP contribution in [0.3, 0.4) is 0 Å². The first-order valence-corrected chi connectivity index (χ1v) is 4.85. The van der Waals surface area contributed by atoms with Crippen molar-refractivity contribution >= 4 is 34.8 Å². The number of carbonyl (C=O) groups excluding carboxylic acids is 2. The molecule has 2 nitrogen and oxygen atoms in total. The Hall–Kier alpha value is -0.930. The third kappa shape index (κ3) is 3.61. The molecular formula is C10H7Cl2FO2. The zero-order valence-electron chi connectivity index (χ0n) is 7.54. The highest BCUT2D eigenvalue weighted by Gasteiger charge is 2.34. The Bertz CT molecular complexity index is 371. The van der Waals surface area contributed by atoms with E-state index in [0.717, 1.165) is 0 Å². The molecule has 0 heterocycles. The molecule has 15 heavy (non-hydrogen) atoms. The molecule has 0 fully saturated rings. The molecule has 0 N–H and O–H groups in total. The molecule has 1 aromatic carbocycles. The van der Waals surface area contributed by atoms with E-state index in [1.165, 1.54) is 12.1 Å². The van der Waals surface area contributed by atoms with E-state index in [2.05, 4.69) is 0 Å². The summed E-state index contributed by atoms with van der Waals surface area (Å²) < 4.78 is 9.69. The summed E-state index contributed by atoms with van der Waals surface area (Å²) in [5, 5.41) is 0. The van der Waals surface area contributed by atoms with E-state index in [1.54, 1.807) is 18.2 Å². The number of hydrogen-bond acceptors (Lipinski definition) is 2. The summed E-state index contributed by atoms with van der Waals surface area (Å²) in [6, 6.07) is 8.06. The summed E-state index contributed by atoms with van der Waals surface area (Å²) in [4.78, 5) is 22.4. The number of carbonyl (C=O) groups is 2. The van der Waals surface area contributed by atoms with Crippen LogP contribution < -0.4 is 0 Å². The van der Waals surface area contributed by atoms with Crippen molar-refractivity contribution < 1.29 is 14.0 Å². The van der Waals surface area contributed by atoms with Crippen molar-refractivity contribution in [3.8, 4) is 0 Å². The molecule has 0 spiro atoms. The lowest BCUT2D eigenvalue weighted by atomic mass is 10.1. The Labute approximate surface area is 96.0 Å². The van der Waals surface area contributed by atoms with Crippen molar-refractivity contribution in [2.24, 2.45) is 0 Å². The van der Waals surface area contributed by atoms with Crippen LogP contribution in [0.5, 0.6) is 0 Å². The van der Waals surface area contributed by atoms with Crippen molar-refractivity contribution in [2.75, 3.05) is 0 Å². The van der Waals surface area contributed by atoms with Gasteiger partial charge in [-0.15, -0.1) is 0 Å². The number of Topliss-reactive ketones (excluding diaryl/α,β-unsaturated/α-hetero) is 2. The normalized spacial score (nSPS) is 11.1. The van der Waals surface area contributed by atoms with E-state index in [0.29, 0.717) is 5.56 Å². The smallest absolute Gasteiger partial charge is 0.294 e. The number of hydrogen-bond donors (Lipinski definition) is 0. The molecule has 0 saturated heterocycles. The Kier molecular flexibility index (Phi) is 3.83. The van der Waals surface area contributed by atoms with Crippen molar-refractivity contribution in [3.63, 3.8) is 0 Å². The largest absolute Gasteiger partial charge is 0.316 e. The van der Waals surface area contributed by atoms with Gasteiger partial charge in [-0.2, -0.15) is 4.39 Å². The Morgan fingerprint density at radius 1 is 1.20 bits per heavy atom. The standard InChI is InChI=1S/C10H7Cl2FO2/c11-10(12,13)9(15)6-8(14)7-4-2-1-3-5-7/h1-5H,6H2. The van der Waals surface area contributed by atoms with E-state index in [-0.39, 0.29) is 0 Å². The van der Waals surface area contributed by atoms with Gasteiger partial charge in [-0.25, -0.2) is 0 Å². The van der Waals surface area contributed by atoms with Gasteiger partial charge in [-0.05, 0) is 0 Å². The summed E-state index contributed by atoms with van der Waals surface area (Å²) >= 11 is 9.82. The summed E-state index contributed by atoms with van der Waals surface area (Å²) in [5.74, 6) is -1.66. The second kappa shape index (κ2) is 4.73. The molecule has 1 aromatic rings. The minimum Gasteiger partial charge on any atom is -0.294 e. The summed E-state index contributed by atoms with van der Waals surface area (Å²) in [7, 11) is 0. The number of benzene rings is 1. The molecule has 5 heteroatoms. The number of ketones is 2. The quantitative estimate of drug-likeness (QED) is 0.467. The lowest BCUT2D eigenvalue weighted by Crippen LogP contribution is -2.23. The molecule has 80 valence electrons. The van der Waals surface area contributed by atoms with Gasteiger partial charge in [0.25, 0.3) is 0 Å². The summed E-state index contributed by atoms with van der Waals surface area (Å²) in [6.45, 7) is 0. The van der Waals surface area contributed by atoms with Crippen LogP contribution in [-0.4, -0.2) is 16.2 Å². The van der Waals surface area contributed by atoms with Gasteiger partial charge in [-0.1, -0.05) is 53.5 Å². The van der Waals surface area contributed by atoms with Crippen LogP contribution in [0.4, 0.5) is 4.39 Å². The second-order valence-electron chi connectivity index (χ2n) is 2.89. The maximum atomic E-state index is 12.7. The third-order valence-electron chi connectivity index (χ3n) is 1.73. The fourth-order valence-corrected chi connectivity index (χ4v) is 1.11. The number of halogens is 3. The highest BCUT2D eigenvalue weighted by Crippen LogP contribution is 2.25. The van der Waals surface area contributed by atoms with Crippen LogP contribution in [0.1, 0.15) is 16.8 Å². The van der Waals surface area contributed by atoms with Gasteiger partial charge in [0.15, 0.2) is 5.78 Å². The fourth-order valence-electron chi connectivity index (χ4n) is 0.972.